The number of hydrogen-bond acceptors (Lipinski definition) is 6. The summed E-state index contributed by atoms with van der Waals surface area (Å²) in [6.07, 6.45) is 0. The highest BCUT2D eigenvalue weighted by atomic mass is 16.6. The Morgan fingerprint density at radius 2 is 1.61 bits per heavy atom. The van der Waals surface area contributed by atoms with Crippen LogP contribution < -0.4 is 24.8 Å². The molecule has 2 aliphatic rings. The summed E-state index contributed by atoms with van der Waals surface area (Å²) in [4.78, 5) is 39.4. The number of imide groups is 1. The van der Waals surface area contributed by atoms with E-state index in [2.05, 4.69) is 10.6 Å². The molecule has 3 aromatic carbocycles. The van der Waals surface area contributed by atoms with Crippen molar-refractivity contribution in [2.75, 3.05) is 25.1 Å². The lowest BCUT2D eigenvalue weighted by atomic mass is 9.91. The van der Waals surface area contributed by atoms with E-state index in [1.807, 2.05) is 31.2 Å². The maximum absolute atomic E-state index is 13.2. The molecule has 0 bridgehead atoms. The Balaban J connectivity index is 1.22. The van der Waals surface area contributed by atoms with Crippen molar-refractivity contribution in [2.24, 2.45) is 0 Å². The predicted octanol–water partition coefficient (Wildman–Crippen LogP) is 3.96. The Kier molecular flexibility index (Phi) is 5.97. The minimum atomic E-state index is -1.33. The van der Waals surface area contributed by atoms with Gasteiger partial charge in [0, 0.05) is 5.69 Å². The van der Waals surface area contributed by atoms with Crippen LogP contribution in [0.3, 0.4) is 0 Å². The second kappa shape index (κ2) is 9.26. The minimum Gasteiger partial charge on any atom is -0.486 e. The fraction of sp³-hybridized carbons (Fsp3) is 0.222. The quantitative estimate of drug-likeness (QED) is 0.510. The van der Waals surface area contributed by atoms with Crippen LogP contribution >= 0.6 is 0 Å². The molecule has 0 radical (unpaired) electrons. The number of nitrogens with one attached hydrogen (secondary N) is 2. The van der Waals surface area contributed by atoms with Gasteiger partial charge >= 0.3 is 6.03 Å². The highest BCUT2D eigenvalue weighted by molar-refractivity contribution is 6.10. The van der Waals surface area contributed by atoms with Gasteiger partial charge in [-0.3, -0.25) is 14.5 Å². The van der Waals surface area contributed by atoms with Gasteiger partial charge in [0.05, 0.1) is 0 Å². The summed E-state index contributed by atoms with van der Waals surface area (Å²) in [5, 5.41) is 5.41. The molecule has 1 saturated heterocycles. The number of ether oxygens (including phenoxy) is 3. The fourth-order valence-corrected chi connectivity index (χ4v) is 4.08. The fourth-order valence-electron chi connectivity index (χ4n) is 4.08. The highest BCUT2D eigenvalue weighted by Crippen LogP contribution is 2.36. The van der Waals surface area contributed by atoms with E-state index in [1.165, 1.54) is 0 Å². The Morgan fingerprint density at radius 1 is 0.972 bits per heavy atom. The number of carbonyl (C=O) groups excluding carboxylic acids is 3. The first kappa shape index (κ1) is 23.2. The van der Waals surface area contributed by atoms with Crippen molar-refractivity contribution in [1.29, 1.82) is 0 Å². The number of amides is 4. The second-order valence-corrected chi connectivity index (χ2v) is 8.79. The van der Waals surface area contributed by atoms with Gasteiger partial charge in [-0.1, -0.05) is 23.8 Å². The smallest absolute Gasteiger partial charge is 0.325 e. The number of aryl methyl sites for hydroxylation is 1. The van der Waals surface area contributed by atoms with Crippen molar-refractivity contribution in [3.8, 4) is 23.0 Å². The van der Waals surface area contributed by atoms with Crippen LogP contribution in [0, 0.1) is 6.92 Å². The van der Waals surface area contributed by atoms with Crippen LogP contribution in [0.2, 0.25) is 0 Å². The maximum Gasteiger partial charge on any atom is 0.325 e. The van der Waals surface area contributed by atoms with E-state index in [1.54, 1.807) is 49.4 Å². The van der Waals surface area contributed by atoms with Crippen LogP contribution in [0.25, 0.3) is 0 Å². The van der Waals surface area contributed by atoms with E-state index in [-0.39, 0.29) is 0 Å². The molecule has 2 heterocycles. The highest BCUT2D eigenvalue weighted by Gasteiger charge is 2.49. The summed E-state index contributed by atoms with van der Waals surface area (Å²) in [6.45, 7) is 4.03. The van der Waals surface area contributed by atoms with Crippen LogP contribution in [0.15, 0.2) is 66.7 Å². The normalized spacial score (nSPS) is 18.6. The molecular weight excluding hydrogens is 462 g/mol. The van der Waals surface area contributed by atoms with E-state index >= 15 is 0 Å². The van der Waals surface area contributed by atoms with Crippen molar-refractivity contribution in [3.05, 3.63) is 77.9 Å². The lowest BCUT2D eigenvalue weighted by Gasteiger charge is -2.25. The van der Waals surface area contributed by atoms with Gasteiger partial charge in [0.2, 0.25) is 5.91 Å². The van der Waals surface area contributed by atoms with Gasteiger partial charge < -0.3 is 24.8 Å². The van der Waals surface area contributed by atoms with E-state index < -0.39 is 29.9 Å². The molecule has 9 nitrogen and oxygen atoms in total. The molecule has 0 aromatic heterocycles. The summed E-state index contributed by atoms with van der Waals surface area (Å²) in [7, 11) is 0. The first-order valence-electron chi connectivity index (χ1n) is 11.5. The van der Waals surface area contributed by atoms with Gasteiger partial charge in [0.15, 0.2) is 11.5 Å². The number of benzene rings is 3. The predicted molar refractivity (Wildman–Crippen MR) is 131 cm³/mol. The van der Waals surface area contributed by atoms with Crippen LogP contribution in [0.5, 0.6) is 23.0 Å². The molecule has 4 amide bonds. The van der Waals surface area contributed by atoms with E-state index in [9.17, 15) is 14.4 Å². The maximum atomic E-state index is 13.2. The molecule has 1 unspecified atom stereocenters. The topological polar surface area (TPSA) is 106 Å². The van der Waals surface area contributed by atoms with Crippen molar-refractivity contribution in [2.45, 2.75) is 19.4 Å². The largest absolute Gasteiger partial charge is 0.486 e. The molecule has 0 saturated carbocycles. The summed E-state index contributed by atoms with van der Waals surface area (Å²) in [5.74, 6) is 1.38. The zero-order valence-corrected chi connectivity index (χ0v) is 19.9. The average molecular weight is 488 g/mol. The number of anilines is 1. The number of urea groups is 1. The Labute approximate surface area is 208 Å². The molecule has 9 heteroatoms. The van der Waals surface area contributed by atoms with Crippen molar-refractivity contribution in [3.63, 3.8) is 0 Å². The number of nitrogens with zero attached hydrogens (tertiary/aromatic N) is 1. The van der Waals surface area contributed by atoms with Gasteiger partial charge in [-0.25, -0.2) is 4.79 Å². The summed E-state index contributed by atoms with van der Waals surface area (Å²) in [5.41, 5.74) is 0.856. The SMILES string of the molecule is Cc1ccc(Oc2ccc(NC(=O)CN3C(=O)NC(C)(c4ccc5c(c4)OCCO5)C3=O)cc2)cc1. The zero-order chi connectivity index (χ0) is 25.3. The van der Waals surface area contributed by atoms with Crippen LogP contribution in [-0.4, -0.2) is 42.5 Å². The van der Waals surface area contributed by atoms with E-state index in [4.69, 9.17) is 14.2 Å². The Morgan fingerprint density at radius 3 is 2.31 bits per heavy atom. The monoisotopic (exact) mass is 487 g/mol. The Bertz CT molecular complexity index is 1320. The number of hydrogen-bond donors (Lipinski definition) is 2. The minimum absolute atomic E-state index is 0.402. The standard InChI is InChI=1S/C27H25N3O6/c1-17-3-8-20(9-4-17)36-21-10-6-19(7-11-21)28-24(31)16-30-25(32)27(2,29-26(30)33)18-5-12-22-23(15-18)35-14-13-34-22/h3-12,15H,13-14,16H2,1-2H3,(H,28,31)(H,29,33). The van der Waals surface area contributed by atoms with Crippen LogP contribution in [-0.2, 0) is 15.1 Å². The van der Waals surface area contributed by atoms with Gasteiger partial charge in [-0.05, 0) is 67.9 Å². The number of rotatable bonds is 6. The first-order chi connectivity index (χ1) is 17.3. The third-order valence-electron chi connectivity index (χ3n) is 6.09. The molecule has 0 aliphatic carbocycles. The zero-order valence-electron chi connectivity index (χ0n) is 19.9. The lowest BCUT2D eigenvalue weighted by Crippen LogP contribution is -2.42. The second-order valence-electron chi connectivity index (χ2n) is 8.79. The third-order valence-corrected chi connectivity index (χ3v) is 6.09. The molecule has 2 N–H and O–H groups in total. The van der Waals surface area contributed by atoms with Gasteiger partial charge in [0.1, 0.15) is 36.8 Å². The summed E-state index contributed by atoms with van der Waals surface area (Å²) in [6, 6.07) is 18.9. The van der Waals surface area contributed by atoms with Gasteiger partial charge in [-0.15, -0.1) is 0 Å². The van der Waals surface area contributed by atoms with Crippen LogP contribution in [0.4, 0.5) is 10.5 Å². The first-order valence-corrected chi connectivity index (χ1v) is 11.5. The average Bonchev–Trinajstić information content (AvgIpc) is 3.10. The lowest BCUT2D eigenvalue weighted by molar-refractivity contribution is -0.133. The molecule has 5 rings (SSSR count). The van der Waals surface area contributed by atoms with Gasteiger partial charge in [-0.2, -0.15) is 0 Å². The molecule has 184 valence electrons. The molecular formula is C27H25N3O6. The van der Waals surface area contributed by atoms with Gasteiger partial charge in [0.25, 0.3) is 5.91 Å². The van der Waals surface area contributed by atoms with Crippen LogP contribution in [0.1, 0.15) is 18.1 Å². The third kappa shape index (κ3) is 4.55. The molecule has 2 aliphatic heterocycles. The van der Waals surface area contributed by atoms with E-state index in [0.717, 1.165) is 10.5 Å². The molecule has 1 atom stereocenters. The Hall–Kier alpha value is -4.53. The number of carbonyl (C=O) groups is 3. The summed E-state index contributed by atoms with van der Waals surface area (Å²) < 4.78 is 16.9. The summed E-state index contributed by atoms with van der Waals surface area (Å²) >= 11 is 0. The molecule has 3 aromatic rings. The number of fused-ring (bicyclic) bond motifs is 1. The molecule has 1 fully saturated rings. The molecule has 0 spiro atoms. The van der Waals surface area contributed by atoms with Crippen molar-refractivity contribution < 1.29 is 28.6 Å². The van der Waals surface area contributed by atoms with E-state index in [0.29, 0.717) is 47.5 Å². The van der Waals surface area contributed by atoms with Crippen molar-refractivity contribution >= 4 is 23.5 Å². The molecule has 36 heavy (non-hydrogen) atoms. The van der Waals surface area contributed by atoms with Crippen molar-refractivity contribution in [1.82, 2.24) is 10.2 Å².